The van der Waals surface area contributed by atoms with Gasteiger partial charge in [-0.15, -0.1) is 12.4 Å². The highest BCUT2D eigenvalue weighted by Gasteiger charge is 2.43. The third kappa shape index (κ3) is 2.68. The molecule has 2 nitrogen and oxygen atoms in total. The Morgan fingerprint density at radius 2 is 1.32 bits per heavy atom. The number of halogens is 4. The lowest BCUT2D eigenvalue weighted by Gasteiger charge is -2.23. The third-order valence-corrected chi connectivity index (χ3v) is 4.60. The van der Waals surface area contributed by atoms with Crippen molar-refractivity contribution in [2.75, 3.05) is 0 Å². The average Bonchev–Trinajstić information content (AvgIpc) is 2.57. The highest BCUT2D eigenvalue weighted by atomic mass is 35.5. The fourth-order valence-electron chi connectivity index (χ4n) is 3.42. The number of nitrogens with two attached hydrogens (primary N) is 1. The predicted molar refractivity (Wildman–Crippen MR) is 96.4 cm³/mol. The molecule has 2 atom stereocenters. The first-order valence-corrected chi connectivity index (χ1v) is 7.55. The summed E-state index contributed by atoms with van der Waals surface area (Å²) in [7, 11) is 0. The maximum atomic E-state index is 12.9. The molecule has 0 unspecified atom stereocenters. The molecule has 0 heterocycles. The van der Waals surface area contributed by atoms with Gasteiger partial charge in [0.1, 0.15) is 0 Å². The van der Waals surface area contributed by atoms with Crippen LogP contribution in [0.4, 0.5) is 13.2 Å². The van der Waals surface area contributed by atoms with Crippen LogP contribution in [0.1, 0.15) is 11.6 Å². The van der Waals surface area contributed by atoms with Crippen LogP contribution in [0.25, 0.3) is 32.3 Å². The summed E-state index contributed by atoms with van der Waals surface area (Å²) < 4.78 is 38.6. The first kappa shape index (κ1) is 17.7. The van der Waals surface area contributed by atoms with Gasteiger partial charge in [-0.2, -0.15) is 13.2 Å². The molecule has 130 valence electrons. The normalized spacial score (nSPS) is 14.8. The van der Waals surface area contributed by atoms with Crippen molar-refractivity contribution >= 4 is 44.7 Å². The van der Waals surface area contributed by atoms with Crippen LogP contribution in [0, 0.1) is 0 Å². The van der Waals surface area contributed by atoms with Gasteiger partial charge in [0.2, 0.25) is 0 Å². The zero-order valence-corrected chi connectivity index (χ0v) is 13.7. The van der Waals surface area contributed by atoms with Crippen LogP contribution in [-0.2, 0) is 0 Å². The largest absolute Gasteiger partial charge is 0.416 e. The van der Waals surface area contributed by atoms with Gasteiger partial charge >= 0.3 is 6.18 Å². The Kier molecular flexibility index (Phi) is 4.27. The first-order valence-electron chi connectivity index (χ1n) is 7.55. The van der Waals surface area contributed by atoms with Gasteiger partial charge in [-0.05, 0) is 37.9 Å². The number of aliphatic hydroxyl groups is 1. The quantitative estimate of drug-likeness (QED) is 0.495. The van der Waals surface area contributed by atoms with E-state index in [-0.39, 0.29) is 12.4 Å². The lowest BCUT2D eigenvalue weighted by molar-refractivity contribution is -0.210. The Labute approximate surface area is 147 Å². The molecule has 4 aromatic rings. The fraction of sp³-hybridized carbons (Fsp3) is 0.158. The fourth-order valence-corrected chi connectivity index (χ4v) is 3.42. The van der Waals surface area contributed by atoms with Crippen molar-refractivity contribution in [3.63, 3.8) is 0 Å². The molecular formula is C19H15ClF3NO. The second-order valence-electron chi connectivity index (χ2n) is 6.02. The smallest absolute Gasteiger partial charge is 0.382 e. The SMILES string of the molecule is Cl.N[C@H](c1ccc2ccc3cccc4ccc1c2c34)[C@@H](O)C(F)(F)F. The van der Waals surface area contributed by atoms with Crippen molar-refractivity contribution in [3.05, 3.63) is 60.2 Å². The van der Waals surface area contributed by atoms with E-state index in [4.69, 9.17) is 5.73 Å². The molecule has 0 spiro atoms. The Balaban J connectivity index is 0.00000182. The maximum absolute atomic E-state index is 12.9. The van der Waals surface area contributed by atoms with E-state index in [0.717, 1.165) is 26.9 Å². The molecular weight excluding hydrogens is 351 g/mol. The Morgan fingerprint density at radius 3 is 1.92 bits per heavy atom. The van der Waals surface area contributed by atoms with E-state index < -0.39 is 18.3 Å². The minimum Gasteiger partial charge on any atom is -0.382 e. The molecule has 3 N–H and O–H groups in total. The highest BCUT2D eigenvalue weighted by Crippen LogP contribution is 2.39. The van der Waals surface area contributed by atoms with E-state index in [1.807, 2.05) is 36.4 Å². The summed E-state index contributed by atoms with van der Waals surface area (Å²) in [6.45, 7) is 0. The predicted octanol–water partition coefficient (Wildman–Crippen LogP) is 4.93. The van der Waals surface area contributed by atoms with Crippen LogP contribution in [-0.4, -0.2) is 17.4 Å². The molecule has 4 aromatic carbocycles. The van der Waals surface area contributed by atoms with Gasteiger partial charge in [0, 0.05) is 0 Å². The van der Waals surface area contributed by atoms with Gasteiger partial charge in [0.25, 0.3) is 0 Å². The maximum Gasteiger partial charge on any atom is 0.416 e. The van der Waals surface area contributed by atoms with Gasteiger partial charge in [0.05, 0.1) is 6.04 Å². The van der Waals surface area contributed by atoms with Crippen molar-refractivity contribution in [3.8, 4) is 0 Å². The van der Waals surface area contributed by atoms with Crippen molar-refractivity contribution in [2.24, 2.45) is 5.73 Å². The minimum atomic E-state index is -4.76. The monoisotopic (exact) mass is 365 g/mol. The van der Waals surface area contributed by atoms with Gasteiger partial charge in [-0.1, -0.05) is 54.6 Å². The number of hydrogen-bond donors (Lipinski definition) is 2. The first-order chi connectivity index (χ1) is 11.4. The summed E-state index contributed by atoms with van der Waals surface area (Å²) in [5.74, 6) is 0. The lowest BCUT2D eigenvalue weighted by Crippen LogP contribution is -2.38. The average molecular weight is 366 g/mol. The van der Waals surface area contributed by atoms with E-state index in [2.05, 4.69) is 0 Å². The second-order valence-corrected chi connectivity index (χ2v) is 6.02. The van der Waals surface area contributed by atoms with E-state index in [1.54, 1.807) is 18.2 Å². The van der Waals surface area contributed by atoms with Gasteiger partial charge < -0.3 is 10.8 Å². The van der Waals surface area contributed by atoms with Crippen molar-refractivity contribution in [1.29, 1.82) is 0 Å². The Morgan fingerprint density at radius 1 is 0.800 bits per heavy atom. The number of rotatable bonds is 2. The summed E-state index contributed by atoms with van der Waals surface area (Å²) in [4.78, 5) is 0. The van der Waals surface area contributed by atoms with Crippen molar-refractivity contribution in [1.82, 2.24) is 0 Å². The Hall–Kier alpha value is -2.08. The zero-order chi connectivity index (χ0) is 17.1. The molecule has 0 amide bonds. The highest BCUT2D eigenvalue weighted by molar-refractivity contribution is 6.23. The van der Waals surface area contributed by atoms with Crippen LogP contribution in [0.5, 0.6) is 0 Å². The van der Waals surface area contributed by atoms with Gasteiger partial charge in [-0.3, -0.25) is 0 Å². The lowest BCUT2D eigenvalue weighted by atomic mass is 9.89. The number of aliphatic hydroxyl groups excluding tert-OH is 1. The van der Waals surface area contributed by atoms with E-state index >= 15 is 0 Å². The molecule has 0 aromatic heterocycles. The third-order valence-electron chi connectivity index (χ3n) is 4.60. The molecule has 0 radical (unpaired) electrons. The van der Waals surface area contributed by atoms with Crippen LogP contribution in [0.3, 0.4) is 0 Å². The van der Waals surface area contributed by atoms with E-state index in [9.17, 15) is 18.3 Å². The molecule has 0 aliphatic rings. The minimum absolute atomic E-state index is 0. The molecule has 6 heteroatoms. The van der Waals surface area contributed by atoms with Crippen LogP contribution >= 0.6 is 12.4 Å². The summed E-state index contributed by atoms with van der Waals surface area (Å²) in [6, 6.07) is 15.3. The number of alkyl halides is 3. The van der Waals surface area contributed by atoms with Gasteiger partial charge in [0.15, 0.2) is 6.10 Å². The molecule has 4 rings (SSSR count). The Bertz CT molecular complexity index is 1030. The molecule has 0 aliphatic heterocycles. The van der Waals surface area contributed by atoms with Crippen molar-refractivity contribution in [2.45, 2.75) is 18.3 Å². The molecule has 0 aliphatic carbocycles. The standard InChI is InChI=1S/C19H14F3NO.ClH/c20-19(21,22)18(24)17(23)14-9-7-12-5-4-10-2-1-3-11-6-8-13(14)16(12)15(10)11;/h1-9,17-18,24H,23H2;1H/t17-,18-;/m1./s1. The summed E-state index contributed by atoms with van der Waals surface area (Å²) in [5, 5.41) is 15.1. The molecule has 0 saturated carbocycles. The number of benzene rings is 4. The van der Waals surface area contributed by atoms with Crippen LogP contribution in [0.2, 0.25) is 0 Å². The second kappa shape index (κ2) is 6.02. The van der Waals surface area contributed by atoms with Crippen LogP contribution in [0.15, 0.2) is 54.6 Å². The molecule has 0 saturated heterocycles. The van der Waals surface area contributed by atoms with E-state index in [1.165, 1.54) is 0 Å². The van der Waals surface area contributed by atoms with Gasteiger partial charge in [-0.25, -0.2) is 0 Å². The molecule has 0 fully saturated rings. The molecule has 0 bridgehead atoms. The van der Waals surface area contributed by atoms with E-state index in [0.29, 0.717) is 10.9 Å². The number of hydrogen-bond acceptors (Lipinski definition) is 2. The zero-order valence-electron chi connectivity index (χ0n) is 12.9. The summed E-state index contributed by atoms with van der Waals surface area (Å²) >= 11 is 0. The topological polar surface area (TPSA) is 46.2 Å². The summed E-state index contributed by atoms with van der Waals surface area (Å²) in [6.07, 6.45) is -7.36. The molecule has 25 heavy (non-hydrogen) atoms. The van der Waals surface area contributed by atoms with Crippen LogP contribution < -0.4 is 5.73 Å². The van der Waals surface area contributed by atoms with Crippen molar-refractivity contribution < 1.29 is 18.3 Å². The summed E-state index contributed by atoms with van der Waals surface area (Å²) in [5.41, 5.74) is 6.05.